The van der Waals surface area contributed by atoms with Crippen LogP contribution in [0.5, 0.6) is 0 Å². The molecule has 0 saturated carbocycles. The third kappa shape index (κ3) is 3.60. The first-order chi connectivity index (χ1) is 9.68. The van der Waals surface area contributed by atoms with Gasteiger partial charge in [0.15, 0.2) is 0 Å². The van der Waals surface area contributed by atoms with Crippen molar-refractivity contribution in [3.8, 4) is 0 Å². The summed E-state index contributed by atoms with van der Waals surface area (Å²) in [6.07, 6.45) is 5.83. The first-order valence-electron chi connectivity index (χ1n) is 7.62. The standard InChI is InChI=1S/C15H26N4O/c1-4-8-16-13-12(5-2)14(18-11-17-13)19-15(3)7-6-9-20-10-15/h11H,4-10H2,1-3H3,(H2,16,17,18,19). The molecule has 0 bridgehead atoms. The number of ether oxygens (including phenoxy) is 1. The number of aromatic nitrogens is 2. The van der Waals surface area contributed by atoms with Crippen LogP contribution in [0.3, 0.4) is 0 Å². The molecule has 2 heterocycles. The molecule has 5 nitrogen and oxygen atoms in total. The van der Waals surface area contributed by atoms with Crippen molar-refractivity contribution in [2.45, 2.75) is 52.0 Å². The maximum Gasteiger partial charge on any atom is 0.135 e. The first kappa shape index (κ1) is 15.0. The Morgan fingerprint density at radius 2 is 2.10 bits per heavy atom. The molecule has 1 aromatic heterocycles. The van der Waals surface area contributed by atoms with Crippen molar-refractivity contribution in [3.05, 3.63) is 11.9 Å². The largest absolute Gasteiger partial charge is 0.379 e. The third-order valence-electron chi connectivity index (χ3n) is 3.70. The van der Waals surface area contributed by atoms with Crippen LogP contribution in [0.15, 0.2) is 6.33 Å². The van der Waals surface area contributed by atoms with E-state index in [1.807, 2.05) is 0 Å². The molecule has 1 aliphatic rings. The van der Waals surface area contributed by atoms with E-state index < -0.39 is 0 Å². The molecular formula is C15H26N4O. The molecule has 2 rings (SSSR count). The summed E-state index contributed by atoms with van der Waals surface area (Å²) >= 11 is 0. The predicted molar refractivity (Wildman–Crippen MR) is 82.3 cm³/mol. The van der Waals surface area contributed by atoms with Gasteiger partial charge in [0.25, 0.3) is 0 Å². The van der Waals surface area contributed by atoms with Crippen molar-refractivity contribution in [2.75, 3.05) is 30.4 Å². The molecule has 0 radical (unpaired) electrons. The van der Waals surface area contributed by atoms with Crippen LogP contribution in [0.4, 0.5) is 11.6 Å². The van der Waals surface area contributed by atoms with Gasteiger partial charge in [0.2, 0.25) is 0 Å². The Morgan fingerprint density at radius 3 is 2.75 bits per heavy atom. The summed E-state index contributed by atoms with van der Waals surface area (Å²) in [5.74, 6) is 1.89. The molecule has 20 heavy (non-hydrogen) atoms. The molecule has 1 aliphatic heterocycles. The minimum atomic E-state index is -0.0292. The summed E-state index contributed by atoms with van der Waals surface area (Å²) in [4.78, 5) is 8.81. The molecule has 2 N–H and O–H groups in total. The summed E-state index contributed by atoms with van der Waals surface area (Å²) in [6.45, 7) is 9.03. The lowest BCUT2D eigenvalue weighted by atomic mass is 9.94. The Morgan fingerprint density at radius 1 is 1.30 bits per heavy atom. The molecule has 1 fully saturated rings. The zero-order chi connectivity index (χ0) is 14.4. The van der Waals surface area contributed by atoms with Crippen molar-refractivity contribution in [1.29, 1.82) is 0 Å². The quantitative estimate of drug-likeness (QED) is 0.838. The van der Waals surface area contributed by atoms with E-state index in [-0.39, 0.29) is 5.54 Å². The molecule has 1 atom stereocenters. The summed E-state index contributed by atoms with van der Waals surface area (Å²) < 4.78 is 5.60. The van der Waals surface area contributed by atoms with E-state index in [1.54, 1.807) is 6.33 Å². The van der Waals surface area contributed by atoms with Crippen molar-refractivity contribution in [3.63, 3.8) is 0 Å². The lowest BCUT2D eigenvalue weighted by molar-refractivity contribution is 0.0538. The second kappa shape index (κ2) is 6.88. The van der Waals surface area contributed by atoms with Gasteiger partial charge < -0.3 is 15.4 Å². The number of rotatable bonds is 6. The van der Waals surface area contributed by atoms with E-state index >= 15 is 0 Å². The van der Waals surface area contributed by atoms with Crippen LogP contribution in [0.25, 0.3) is 0 Å². The molecular weight excluding hydrogens is 252 g/mol. The Kier molecular flexibility index (Phi) is 5.17. The second-order valence-corrected chi connectivity index (χ2v) is 5.67. The van der Waals surface area contributed by atoms with E-state index in [2.05, 4.69) is 41.4 Å². The van der Waals surface area contributed by atoms with E-state index in [9.17, 15) is 0 Å². The molecule has 0 aromatic carbocycles. The number of anilines is 2. The zero-order valence-electron chi connectivity index (χ0n) is 12.8. The lowest BCUT2D eigenvalue weighted by Gasteiger charge is -2.35. The summed E-state index contributed by atoms with van der Waals surface area (Å²) in [6, 6.07) is 0. The van der Waals surface area contributed by atoms with Crippen molar-refractivity contribution >= 4 is 11.6 Å². The third-order valence-corrected chi connectivity index (χ3v) is 3.70. The summed E-state index contributed by atoms with van der Waals surface area (Å²) in [5, 5.41) is 6.96. The molecule has 5 heteroatoms. The lowest BCUT2D eigenvalue weighted by Crippen LogP contribution is -2.43. The molecule has 0 amide bonds. The average Bonchev–Trinajstić information content (AvgIpc) is 2.45. The Labute approximate surface area is 121 Å². The molecule has 1 saturated heterocycles. The number of nitrogens with one attached hydrogen (secondary N) is 2. The SMILES string of the molecule is CCCNc1ncnc(NC2(C)CCCOC2)c1CC. The fraction of sp³-hybridized carbons (Fsp3) is 0.733. The van der Waals surface area contributed by atoms with E-state index in [0.717, 1.165) is 62.6 Å². The normalized spacial score (nSPS) is 22.6. The highest BCUT2D eigenvalue weighted by Crippen LogP contribution is 2.27. The van der Waals surface area contributed by atoms with Crippen LogP contribution >= 0.6 is 0 Å². The number of nitrogens with zero attached hydrogens (tertiary/aromatic N) is 2. The van der Waals surface area contributed by atoms with Crippen molar-refractivity contribution < 1.29 is 4.74 Å². The van der Waals surface area contributed by atoms with Gasteiger partial charge in [0.1, 0.15) is 18.0 Å². The molecule has 0 spiro atoms. The minimum Gasteiger partial charge on any atom is -0.379 e. The van der Waals surface area contributed by atoms with Crippen LogP contribution in [-0.4, -0.2) is 35.3 Å². The Bertz CT molecular complexity index is 430. The van der Waals surface area contributed by atoms with Crippen molar-refractivity contribution in [2.24, 2.45) is 0 Å². The molecule has 1 unspecified atom stereocenters. The maximum atomic E-state index is 5.60. The monoisotopic (exact) mass is 278 g/mol. The topological polar surface area (TPSA) is 59.1 Å². The van der Waals surface area contributed by atoms with E-state index in [0.29, 0.717) is 0 Å². The molecule has 1 aromatic rings. The number of hydrogen-bond donors (Lipinski definition) is 2. The van der Waals surface area contributed by atoms with Crippen molar-refractivity contribution in [1.82, 2.24) is 9.97 Å². The predicted octanol–water partition coefficient (Wildman–Crippen LogP) is 2.84. The Hall–Kier alpha value is -1.36. The fourth-order valence-electron chi connectivity index (χ4n) is 2.57. The van der Waals surface area contributed by atoms with Crippen LogP contribution in [0, 0.1) is 0 Å². The van der Waals surface area contributed by atoms with E-state index in [4.69, 9.17) is 4.74 Å². The zero-order valence-corrected chi connectivity index (χ0v) is 12.8. The smallest absolute Gasteiger partial charge is 0.135 e. The van der Waals surface area contributed by atoms with Gasteiger partial charge in [-0.05, 0) is 32.6 Å². The summed E-state index contributed by atoms with van der Waals surface area (Å²) in [5.41, 5.74) is 1.13. The van der Waals surface area contributed by atoms with Gasteiger partial charge in [-0.25, -0.2) is 9.97 Å². The van der Waals surface area contributed by atoms with Gasteiger partial charge in [-0.2, -0.15) is 0 Å². The highest BCUT2D eigenvalue weighted by Gasteiger charge is 2.28. The number of hydrogen-bond acceptors (Lipinski definition) is 5. The van der Waals surface area contributed by atoms with Crippen LogP contribution in [0.2, 0.25) is 0 Å². The Balaban J connectivity index is 2.17. The van der Waals surface area contributed by atoms with Gasteiger partial charge in [0, 0.05) is 18.7 Å². The van der Waals surface area contributed by atoms with Crippen LogP contribution in [0.1, 0.15) is 45.6 Å². The fourth-order valence-corrected chi connectivity index (χ4v) is 2.57. The van der Waals surface area contributed by atoms with Crippen LogP contribution in [-0.2, 0) is 11.2 Å². The average molecular weight is 278 g/mol. The molecule has 112 valence electrons. The highest BCUT2D eigenvalue weighted by molar-refractivity contribution is 5.58. The summed E-state index contributed by atoms with van der Waals surface area (Å²) in [7, 11) is 0. The highest BCUT2D eigenvalue weighted by atomic mass is 16.5. The van der Waals surface area contributed by atoms with Gasteiger partial charge in [-0.15, -0.1) is 0 Å². The maximum absolute atomic E-state index is 5.60. The van der Waals surface area contributed by atoms with Crippen LogP contribution < -0.4 is 10.6 Å². The first-order valence-corrected chi connectivity index (χ1v) is 7.62. The molecule has 0 aliphatic carbocycles. The van der Waals surface area contributed by atoms with Gasteiger partial charge >= 0.3 is 0 Å². The van der Waals surface area contributed by atoms with Gasteiger partial charge in [0.05, 0.1) is 12.1 Å². The minimum absolute atomic E-state index is 0.0292. The van der Waals surface area contributed by atoms with E-state index in [1.165, 1.54) is 0 Å². The van der Waals surface area contributed by atoms with Gasteiger partial charge in [-0.3, -0.25) is 0 Å². The second-order valence-electron chi connectivity index (χ2n) is 5.67. The van der Waals surface area contributed by atoms with Gasteiger partial charge in [-0.1, -0.05) is 13.8 Å².